The molecule has 0 aliphatic rings. The first-order valence-electron chi connectivity index (χ1n) is 23.5. The molecule has 0 unspecified atom stereocenters. The summed E-state index contributed by atoms with van der Waals surface area (Å²) >= 11 is 5.42. The summed E-state index contributed by atoms with van der Waals surface area (Å²) in [5.41, 5.74) is 13.8. The van der Waals surface area contributed by atoms with Crippen molar-refractivity contribution in [1.29, 1.82) is 0 Å². The van der Waals surface area contributed by atoms with E-state index in [-0.39, 0.29) is 17.5 Å². The van der Waals surface area contributed by atoms with Crippen LogP contribution in [-0.4, -0.2) is 50.5 Å². The topological polar surface area (TPSA) is 92.1 Å². The molecule has 6 aromatic heterocycles. The lowest BCUT2D eigenvalue weighted by molar-refractivity contribution is 0.626. The van der Waals surface area contributed by atoms with Gasteiger partial charge in [-0.05, 0) is 156 Å². The van der Waals surface area contributed by atoms with Gasteiger partial charge in [-0.25, -0.2) is 27.2 Å². The maximum atomic E-state index is 13.3. The second kappa shape index (κ2) is 23.3. The van der Waals surface area contributed by atoms with Crippen molar-refractivity contribution in [1.82, 2.24) is 44.3 Å². The quantitative estimate of drug-likeness (QED) is 0.126. The second-order valence-electron chi connectivity index (χ2n) is 16.7. The van der Waals surface area contributed by atoms with E-state index in [9.17, 15) is 13.2 Å². The van der Waals surface area contributed by atoms with Crippen molar-refractivity contribution in [3.63, 3.8) is 0 Å². The van der Waals surface area contributed by atoms with Gasteiger partial charge in [-0.2, -0.15) is 15.3 Å². The van der Waals surface area contributed by atoms with Crippen molar-refractivity contribution >= 4 is 27.7 Å². The van der Waals surface area contributed by atoms with E-state index < -0.39 is 0 Å². The molecule has 6 aromatic carbocycles. The Labute approximate surface area is 443 Å². The first-order chi connectivity index (χ1) is 36.8. The first kappa shape index (κ1) is 49.6. The highest BCUT2D eigenvalue weighted by molar-refractivity contribution is 9.10. The lowest BCUT2D eigenvalue weighted by atomic mass is 10.1. The van der Waals surface area contributed by atoms with Gasteiger partial charge in [0.1, 0.15) is 23.1 Å². The third kappa shape index (κ3) is 11.6. The van der Waals surface area contributed by atoms with Crippen molar-refractivity contribution < 1.29 is 13.2 Å². The van der Waals surface area contributed by atoms with Gasteiger partial charge in [-0.15, -0.1) is 11.8 Å². The summed E-state index contributed by atoms with van der Waals surface area (Å²) in [6.45, 7) is 0. The van der Waals surface area contributed by atoms with Crippen molar-refractivity contribution in [2.75, 3.05) is 6.26 Å². The zero-order chi connectivity index (χ0) is 51.5. The number of aromatic nitrogens is 9. The molecule has 0 N–H and O–H groups in total. The van der Waals surface area contributed by atoms with Crippen LogP contribution in [0, 0.1) is 17.5 Å². The fourth-order valence-electron chi connectivity index (χ4n) is 8.14. The number of hydrogen-bond acceptors (Lipinski definition) is 7. The van der Waals surface area contributed by atoms with Crippen LogP contribution in [0.2, 0.25) is 0 Å². The summed E-state index contributed by atoms with van der Waals surface area (Å²) in [5.74, 6) is -0.803. The van der Waals surface area contributed by atoms with Gasteiger partial charge >= 0.3 is 0 Å². The largest absolute Gasteiger partial charge is 0.265 e. The lowest BCUT2D eigenvalue weighted by Gasteiger charge is -2.08. The summed E-state index contributed by atoms with van der Waals surface area (Å²) in [6, 6.07) is 62.9. The Balaban J connectivity index is 0.000000128. The van der Waals surface area contributed by atoms with E-state index in [2.05, 4.69) is 61.4 Å². The van der Waals surface area contributed by atoms with Crippen LogP contribution in [0.25, 0.3) is 84.6 Å². The van der Waals surface area contributed by atoms with Crippen LogP contribution < -0.4 is 0 Å². The van der Waals surface area contributed by atoms with Gasteiger partial charge < -0.3 is 0 Å². The zero-order valence-corrected chi connectivity index (χ0v) is 42.4. The number of rotatable bonds is 10. The first-order valence-corrected chi connectivity index (χ1v) is 25.5. The van der Waals surface area contributed by atoms with Crippen LogP contribution in [0.5, 0.6) is 0 Å². The van der Waals surface area contributed by atoms with Crippen LogP contribution in [0.4, 0.5) is 13.2 Å². The molecule has 0 fully saturated rings. The SMILES string of the molecule is CSc1ccc(-c2cc(-c3ccncc3)n(-c3ccc(F)cc3)n2)cc1.Fc1ccc(-n2nc(-c3ccccc3)c(Br)c2-c2ccncc2)cc1.Fc1ccc(-n2nc(-c3ccccc3)cc2-c2ccncc2)cc1. The maximum Gasteiger partial charge on any atom is 0.123 e. The van der Waals surface area contributed by atoms with E-state index in [1.54, 1.807) is 85.3 Å². The summed E-state index contributed by atoms with van der Waals surface area (Å²) in [6.07, 6.45) is 12.5. The van der Waals surface area contributed by atoms with Crippen LogP contribution in [0.1, 0.15) is 0 Å². The average molecular weight is 1070 g/mol. The smallest absolute Gasteiger partial charge is 0.123 e. The third-order valence-electron chi connectivity index (χ3n) is 11.9. The van der Waals surface area contributed by atoms with Gasteiger partial charge in [0, 0.05) is 75.5 Å². The molecule has 9 nitrogen and oxygen atoms in total. The van der Waals surface area contributed by atoms with Gasteiger partial charge in [0.05, 0.1) is 50.0 Å². The molecule has 0 aliphatic heterocycles. The fraction of sp³-hybridized carbons (Fsp3) is 0.0164. The van der Waals surface area contributed by atoms with Crippen LogP contribution in [0.15, 0.2) is 253 Å². The van der Waals surface area contributed by atoms with Crippen LogP contribution >= 0.6 is 27.7 Å². The number of halogens is 4. The Morgan fingerprint density at radius 3 is 1.16 bits per heavy atom. The van der Waals surface area contributed by atoms with Gasteiger partial charge in [-0.3, -0.25) is 15.0 Å². The Bertz CT molecular complexity index is 3750. The second-order valence-corrected chi connectivity index (χ2v) is 18.3. The Kier molecular flexibility index (Phi) is 15.4. The molecule has 12 aromatic rings. The van der Waals surface area contributed by atoms with Crippen molar-refractivity contribution in [3.05, 3.63) is 265 Å². The average Bonchev–Trinajstić information content (AvgIpc) is 4.22. The van der Waals surface area contributed by atoms with E-state index in [1.165, 1.54) is 41.3 Å². The standard InChI is InChI=1S/C21H16FN3S.C20H13BrFN3.C20H14FN3/c1-26-19-8-2-15(3-9-19)20-14-21(16-10-12-23-13-11-16)25(24-20)18-6-4-17(22)5-7-18;21-18-19(14-4-2-1-3-5-14)24-25(17-8-6-16(22)7-9-17)20(18)15-10-12-23-13-11-15;21-17-6-8-18(9-7-17)24-20(16-10-12-22-13-11-16)14-19(23-24)15-4-2-1-3-5-15/h2-14H,1H3;1-13H;1-14H. The zero-order valence-electron chi connectivity index (χ0n) is 40.0. The van der Waals surface area contributed by atoms with Crippen LogP contribution in [0.3, 0.4) is 0 Å². The molecule has 12 rings (SSSR count). The normalized spacial score (nSPS) is 10.8. The number of benzene rings is 6. The molecule has 0 radical (unpaired) electrons. The highest BCUT2D eigenvalue weighted by Gasteiger charge is 2.20. The lowest BCUT2D eigenvalue weighted by Crippen LogP contribution is -1.99. The summed E-state index contributed by atoms with van der Waals surface area (Å²) in [5, 5.41) is 14.3. The number of thioether (sulfide) groups is 1. The van der Waals surface area contributed by atoms with E-state index in [4.69, 9.17) is 15.3 Å². The van der Waals surface area contributed by atoms with E-state index in [1.807, 2.05) is 123 Å². The predicted octanol–water partition coefficient (Wildman–Crippen LogP) is 15.7. The highest BCUT2D eigenvalue weighted by Crippen LogP contribution is 2.38. The minimum atomic E-state index is -0.274. The molecule has 0 saturated heterocycles. The minimum Gasteiger partial charge on any atom is -0.265 e. The molecule has 14 heteroatoms. The van der Waals surface area contributed by atoms with Gasteiger partial charge in [0.25, 0.3) is 0 Å². The van der Waals surface area contributed by atoms with E-state index in [0.29, 0.717) is 0 Å². The minimum absolute atomic E-state index is 0.264. The number of pyridine rings is 3. The molecule has 0 aliphatic carbocycles. The molecular weight excluding hydrogens is 1030 g/mol. The van der Waals surface area contributed by atoms with Crippen molar-refractivity contribution in [3.8, 4) is 84.6 Å². The third-order valence-corrected chi connectivity index (χ3v) is 13.4. The molecule has 0 spiro atoms. The van der Waals surface area contributed by atoms with Gasteiger partial charge in [-0.1, -0.05) is 72.8 Å². The molecule has 0 amide bonds. The molecule has 0 atom stereocenters. The molecule has 75 heavy (non-hydrogen) atoms. The number of nitrogens with zero attached hydrogens (tertiary/aromatic N) is 9. The summed E-state index contributed by atoms with van der Waals surface area (Å²) < 4.78 is 46.3. The van der Waals surface area contributed by atoms with Crippen molar-refractivity contribution in [2.24, 2.45) is 0 Å². The molecule has 0 bridgehead atoms. The van der Waals surface area contributed by atoms with E-state index >= 15 is 0 Å². The summed E-state index contributed by atoms with van der Waals surface area (Å²) in [4.78, 5) is 13.5. The highest BCUT2D eigenvalue weighted by atomic mass is 79.9. The Morgan fingerprint density at radius 1 is 0.373 bits per heavy atom. The monoisotopic (exact) mass is 1070 g/mol. The number of hydrogen-bond donors (Lipinski definition) is 0. The Hall–Kier alpha value is -8.98. The fourth-order valence-corrected chi connectivity index (χ4v) is 9.25. The molecule has 6 heterocycles. The molecule has 0 saturated carbocycles. The van der Waals surface area contributed by atoms with E-state index in [0.717, 1.165) is 89.1 Å². The Morgan fingerprint density at radius 2 is 0.747 bits per heavy atom. The van der Waals surface area contributed by atoms with Crippen LogP contribution in [-0.2, 0) is 0 Å². The molecular formula is C61H43BrF3N9S. The predicted molar refractivity (Wildman–Crippen MR) is 296 cm³/mol. The molecule has 366 valence electrons. The van der Waals surface area contributed by atoms with Gasteiger partial charge in [0.15, 0.2) is 0 Å². The summed E-state index contributed by atoms with van der Waals surface area (Å²) in [7, 11) is 0. The van der Waals surface area contributed by atoms with Gasteiger partial charge in [0.2, 0.25) is 0 Å². The van der Waals surface area contributed by atoms with Crippen molar-refractivity contribution in [2.45, 2.75) is 4.90 Å². The maximum absolute atomic E-state index is 13.3.